The van der Waals surface area contributed by atoms with E-state index in [2.05, 4.69) is 52.1 Å². The highest BCUT2D eigenvalue weighted by Gasteiger charge is 2.35. The van der Waals surface area contributed by atoms with Gasteiger partial charge in [-0.1, -0.05) is 64.5 Å². The van der Waals surface area contributed by atoms with Crippen molar-refractivity contribution in [1.82, 2.24) is 14.7 Å². The Morgan fingerprint density at radius 1 is 0.865 bits per heavy atom. The number of likely N-dealkylation sites (N-methyl/N-ethyl adjacent to an activating group) is 1. The minimum absolute atomic E-state index is 0.0551. The molecule has 0 unspecified atom stereocenters. The molecule has 0 bridgehead atoms. The van der Waals surface area contributed by atoms with Gasteiger partial charge in [0.15, 0.2) is 0 Å². The maximum Gasteiger partial charge on any atom is 0.227 e. The predicted octanol–water partition coefficient (Wildman–Crippen LogP) is 4.61. The molecule has 0 spiro atoms. The number of ether oxygens (including phenoxy) is 1. The summed E-state index contributed by atoms with van der Waals surface area (Å²) >= 11 is 3.52. The monoisotopic (exact) mass is 563 g/mol. The zero-order chi connectivity index (χ0) is 25.8. The van der Waals surface area contributed by atoms with Crippen LogP contribution < -0.4 is 4.74 Å². The molecule has 0 saturated carbocycles. The van der Waals surface area contributed by atoms with Gasteiger partial charge in [-0.2, -0.15) is 0 Å². The first-order chi connectivity index (χ1) is 17.9. The van der Waals surface area contributed by atoms with E-state index in [1.165, 1.54) is 5.39 Å². The first kappa shape index (κ1) is 25.7. The summed E-state index contributed by atoms with van der Waals surface area (Å²) in [4.78, 5) is 32.8. The molecule has 194 valence electrons. The van der Waals surface area contributed by atoms with Gasteiger partial charge in [0.1, 0.15) is 11.9 Å². The molecule has 0 aliphatic carbocycles. The smallest absolute Gasteiger partial charge is 0.227 e. The summed E-state index contributed by atoms with van der Waals surface area (Å²) in [5.74, 6) is 0.991. The van der Waals surface area contributed by atoms with Crippen LogP contribution in [0.15, 0.2) is 71.2 Å². The highest BCUT2D eigenvalue weighted by Crippen LogP contribution is 2.28. The van der Waals surface area contributed by atoms with Crippen LogP contribution in [0.4, 0.5) is 0 Å². The third kappa shape index (κ3) is 6.51. The van der Waals surface area contributed by atoms with Gasteiger partial charge in [0, 0.05) is 62.5 Å². The lowest BCUT2D eigenvalue weighted by atomic mass is 9.90. The van der Waals surface area contributed by atoms with Crippen molar-refractivity contribution in [2.45, 2.75) is 25.4 Å². The lowest BCUT2D eigenvalue weighted by Crippen LogP contribution is -2.51. The summed E-state index contributed by atoms with van der Waals surface area (Å²) < 4.78 is 7.36. The molecule has 5 rings (SSSR count). The molecular weight excluding hydrogens is 530 g/mol. The van der Waals surface area contributed by atoms with Gasteiger partial charge < -0.3 is 19.4 Å². The zero-order valence-corrected chi connectivity index (χ0v) is 22.9. The number of piperazine rings is 1. The number of piperidine rings is 1. The van der Waals surface area contributed by atoms with Gasteiger partial charge in [0.25, 0.3) is 0 Å². The van der Waals surface area contributed by atoms with Gasteiger partial charge in [-0.05, 0) is 41.6 Å². The largest absolute Gasteiger partial charge is 0.490 e. The number of hydrogen-bond acceptors (Lipinski definition) is 4. The Bertz CT molecular complexity index is 1260. The lowest BCUT2D eigenvalue weighted by Gasteiger charge is -2.40. The second-order valence-corrected chi connectivity index (χ2v) is 11.2. The molecule has 2 saturated heterocycles. The molecule has 2 aliphatic heterocycles. The van der Waals surface area contributed by atoms with Gasteiger partial charge in [0.2, 0.25) is 11.8 Å². The maximum absolute atomic E-state index is 13.4. The Balaban J connectivity index is 1.28. The van der Waals surface area contributed by atoms with E-state index in [0.717, 1.165) is 47.4 Å². The molecule has 2 fully saturated rings. The van der Waals surface area contributed by atoms with Crippen molar-refractivity contribution < 1.29 is 14.3 Å². The fraction of sp³-hybridized carbons (Fsp3) is 0.400. The number of amides is 2. The van der Waals surface area contributed by atoms with Crippen LogP contribution in [0.5, 0.6) is 5.75 Å². The summed E-state index contributed by atoms with van der Waals surface area (Å²) in [5.41, 5.74) is 1.02. The van der Waals surface area contributed by atoms with Crippen molar-refractivity contribution in [2.75, 3.05) is 46.3 Å². The molecular formula is C30H34BrN3O3. The van der Waals surface area contributed by atoms with Crippen molar-refractivity contribution in [3.8, 4) is 5.75 Å². The van der Waals surface area contributed by atoms with Crippen molar-refractivity contribution in [3.05, 3.63) is 76.8 Å². The maximum atomic E-state index is 13.4. The van der Waals surface area contributed by atoms with Crippen LogP contribution in [0.2, 0.25) is 0 Å². The standard InChI is InChI=1S/C30H34BrN3O3/c1-32-13-15-33(16-14-32)30(36)19-25-21-34(12-11-28(25)37-27-8-4-7-26(31)20-27)29(35)18-22-9-10-23-5-2-3-6-24(23)17-22/h2-10,17,20,25,28H,11-16,18-19,21H2,1H3/t25-,28-/m0/s1. The van der Waals surface area contributed by atoms with E-state index in [4.69, 9.17) is 4.74 Å². The molecule has 2 atom stereocenters. The van der Waals surface area contributed by atoms with E-state index in [1.807, 2.05) is 52.3 Å². The molecule has 6 nitrogen and oxygen atoms in total. The number of hydrogen-bond donors (Lipinski definition) is 0. The van der Waals surface area contributed by atoms with Crippen LogP contribution in [0, 0.1) is 5.92 Å². The van der Waals surface area contributed by atoms with Crippen LogP contribution in [0.3, 0.4) is 0 Å². The summed E-state index contributed by atoms with van der Waals surface area (Å²) in [6.45, 7) is 4.46. The molecule has 37 heavy (non-hydrogen) atoms. The third-order valence-corrected chi connectivity index (χ3v) is 8.06. The fourth-order valence-corrected chi connectivity index (χ4v) is 5.73. The summed E-state index contributed by atoms with van der Waals surface area (Å²) in [6, 6.07) is 22.2. The van der Waals surface area contributed by atoms with Crippen molar-refractivity contribution in [3.63, 3.8) is 0 Å². The second-order valence-electron chi connectivity index (χ2n) is 10.2. The van der Waals surface area contributed by atoms with E-state index < -0.39 is 0 Å². The third-order valence-electron chi connectivity index (χ3n) is 7.56. The quantitative estimate of drug-likeness (QED) is 0.439. The van der Waals surface area contributed by atoms with Gasteiger partial charge in [0.05, 0.1) is 6.42 Å². The molecule has 3 aromatic rings. The van der Waals surface area contributed by atoms with Crippen molar-refractivity contribution in [2.24, 2.45) is 5.92 Å². The Morgan fingerprint density at radius 2 is 1.65 bits per heavy atom. The number of benzene rings is 3. The van der Waals surface area contributed by atoms with E-state index >= 15 is 0 Å². The normalized spacial score (nSPS) is 20.7. The summed E-state index contributed by atoms with van der Waals surface area (Å²) in [5, 5.41) is 2.32. The Hall–Kier alpha value is -2.90. The zero-order valence-electron chi connectivity index (χ0n) is 21.3. The van der Waals surface area contributed by atoms with Gasteiger partial charge in [-0.25, -0.2) is 0 Å². The highest BCUT2D eigenvalue weighted by atomic mass is 79.9. The van der Waals surface area contributed by atoms with Gasteiger partial charge in [-0.3, -0.25) is 9.59 Å². The minimum Gasteiger partial charge on any atom is -0.490 e. The molecule has 0 radical (unpaired) electrons. The van der Waals surface area contributed by atoms with Crippen LogP contribution in [-0.4, -0.2) is 78.9 Å². The Morgan fingerprint density at radius 3 is 2.43 bits per heavy atom. The summed E-state index contributed by atoms with van der Waals surface area (Å²) in [7, 11) is 2.09. The predicted molar refractivity (Wildman–Crippen MR) is 150 cm³/mol. The topological polar surface area (TPSA) is 53.1 Å². The van der Waals surface area contributed by atoms with E-state index in [-0.39, 0.29) is 23.8 Å². The first-order valence-electron chi connectivity index (χ1n) is 13.1. The van der Waals surface area contributed by atoms with Crippen LogP contribution in [0.1, 0.15) is 18.4 Å². The lowest BCUT2D eigenvalue weighted by molar-refractivity contribution is -0.139. The van der Waals surface area contributed by atoms with E-state index in [0.29, 0.717) is 32.4 Å². The molecule has 2 heterocycles. The average molecular weight is 565 g/mol. The molecule has 0 N–H and O–H groups in total. The SMILES string of the molecule is CN1CCN(C(=O)C[C@H]2CN(C(=O)Cc3ccc4ccccc4c3)CC[C@@H]2Oc2cccc(Br)c2)CC1. The molecule has 2 aliphatic rings. The van der Waals surface area contributed by atoms with E-state index in [9.17, 15) is 9.59 Å². The fourth-order valence-electron chi connectivity index (χ4n) is 5.35. The molecule has 2 amide bonds. The number of rotatable bonds is 6. The number of likely N-dealkylation sites (tertiary alicyclic amines) is 1. The highest BCUT2D eigenvalue weighted by molar-refractivity contribution is 9.10. The van der Waals surface area contributed by atoms with Crippen LogP contribution in [0.25, 0.3) is 10.8 Å². The molecule has 3 aromatic carbocycles. The number of carbonyl (C=O) groups excluding carboxylic acids is 2. The number of nitrogens with zero attached hydrogens (tertiary/aromatic N) is 3. The average Bonchev–Trinajstić information content (AvgIpc) is 2.90. The van der Waals surface area contributed by atoms with Crippen LogP contribution >= 0.6 is 15.9 Å². The minimum atomic E-state index is -0.115. The van der Waals surface area contributed by atoms with E-state index in [1.54, 1.807) is 0 Å². The Kier molecular flexibility index (Phi) is 8.11. The van der Waals surface area contributed by atoms with Gasteiger partial charge in [-0.15, -0.1) is 0 Å². The number of carbonyl (C=O) groups is 2. The second kappa shape index (κ2) is 11.7. The van der Waals surface area contributed by atoms with Crippen molar-refractivity contribution >= 4 is 38.5 Å². The summed E-state index contributed by atoms with van der Waals surface area (Å²) in [6.07, 6.45) is 1.34. The Labute approximate surface area is 227 Å². The molecule has 0 aromatic heterocycles. The van der Waals surface area contributed by atoms with Crippen molar-refractivity contribution in [1.29, 1.82) is 0 Å². The number of halogens is 1. The first-order valence-corrected chi connectivity index (χ1v) is 13.9. The molecule has 7 heteroatoms. The van der Waals surface area contributed by atoms with Gasteiger partial charge >= 0.3 is 0 Å². The number of fused-ring (bicyclic) bond motifs is 1. The van der Waals surface area contributed by atoms with Crippen LogP contribution in [-0.2, 0) is 16.0 Å².